The zero-order chi connectivity index (χ0) is 11.1. The third-order valence-electron chi connectivity index (χ3n) is 3.09. The molecular formula is C10H15NO4. The van der Waals surface area contributed by atoms with Crippen LogP contribution in [0.4, 0.5) is 0 Å². The van der Waals surface area contributed by atoms with Crippen LogP contribution in [0.2, 0.25) is 0 Å². The fraction of sp³-hybridized carbons (Fsp3) is 0.800. The van der Waals surface area contributed by atoms with Crippen molar-refractivity contribution >= 4 is 11.9 Å². The third-order valence-corrected chi connectivity index (χ3v) is 3.09. The molecular weight excluding hydrogens is 198 g/mol. The highest BCUT2D eigenvalue weighted by Gasteiger charge is 2.49. The number of hydrogen-bond acceptors (Lipinski definition) is 3. The fourth-order valence-corrected chi connectivity index (χ4v) is 1.91. The topological polar surface area (TPSA) is 75.6 Å². The molecule has 1 aliphatic heterocycles. The van der Waals surface area contributed by atoms with Crippen molar-refractivity contribution in [3.63, 3.8) is 0 Å². The molecule has 3 atom stereocenters. The second-order valence-electron chi connectivity index (χ2n) is 4.64. The summed E-state index contributed by atoms with van der Waals surface area (Å²) in [5, 5.41) is 11.6. The Hall–Kier alpha value is -1.10. The van der Waals surface area contributed by atoms with Crippen LogP contribution in [-0.2, 0) is 14.3 Å². The summed E-state index contributed by atoms with van der Waals surface area (Å²) in [5.41, 5.74) is -0.303. The van der Waals surface area contributed by atoms with E-state index < -0.39 is 11.9 Å². The van der Waals surface area contributed by atoms with E-state index in [1.807, 2.05) is 6.92 Å². The standard InChI is InChI=1S/C10H15NO4/c1-10(2-3-15-5-10)11-8(12)6-4-7(6)9(13)14/h6-7H,2-5H2,1H3,(H,11,12)(H,13,14)/t6-,7+,10?/m1/s1. The van der Waals surface area contributed by atoms with Crippen LogP contribution < -0.4 is 5.32 Å². The lowest BCUT2D eigenvalue weighted by Gasteiger charge is -2.23. The van der Waals surface area contributed by atoms with E-state index in [9.17, 15) is 9.59 Å². The maximum Gasteiger partial charge on any atom is 0.307 e. The van der Waals surface area contributed by atoms with E-state index in [1.165, 1.54) is 0 Å². The first-order chi connectivity index (χ1) is 7.02. The Labute approximate surface area is 87.8 Å². The molecule has 2 aliphatic rings. The van der Waals surface area contributed by atoms with Gasteiger partial charge < -0.3 is 15.2 Å². The van der Waals surface area contributed by atoms with Crippen LogP contribution in [-0.4, -0.2) is 35.7 Å². The van der Waals surface area contributed by atoms with Crippen molar-refractivity contribution < 1.29 is 19.4 Å². The van der Waals surface area contributed by atoms with Crippen molar-refractivity contribution in [3.05, 3.63) is 0 Å². The van der Waals surface area contributed by atoms with Crippen molar-refractivity contribution in [1.29, 1.82) is 0 Å². The molecule has 84 valence electrons. The molecule has 0 spiro atoms. The van der Waals surface area contributed by atoms with Gasteiger partial charge in [0.2, 0.25) is 5.91 Å². The molecule has 2 fully saturated rings. The molecule has 0 bridgehead atoms. The van der Waals surface area contributed by atoms with Gasteiger partial charge in [0.25, 0.3) is 0 Å². The van der Waals surface area contributed by atoms with E-state index >= 15 is 0 Å². The summed E-state index contributed by atoms with van der Waals surface area (Å²) in [7, 11) is 0. The molecule has 5 heteroatoms. The number of amides is 1. The highest BCUT2D eigenvalue weighted by atomic mass is 16.5. The molecule has 0 aromatic carbocycles. The lowest BCUT2D eigenvalue weighted by atomic mass is 10.0. The van der Waals surface area contributed by atoms with Gasteiger partial charge in [-0.3, -0.25) is 9.59 Å². The highest BCUT2D eigenvalue weighted by molar-refractivity contribution is 5.89. The minimum atomic E-state index is -0.872. The van der Waals surface area contributed by atoms with E-state index in [1.54, 1.807) is 0 Å². The fourth-order valence-electron chi connectivity index (χ4n) is 1.91. The average molecular weight is 213 g/mol. The largest absolute Gasteiger partial charge is 0.481 e. The summed E-state index contributed by atoms with van der Waals surface area (Å²) in [5.74, 6) is -1.82. The molecule has 2 N–H and O–H groups in total. The van der Waals surface area contributed by atoms with Crippen LogP contribution in [0.5, 0.6) is 0 Å². The Balaban J connectivity index is 1.86. The van der Waals surface area contributed by atoms with Gasteiger partial charge in [-0.1, -0.05) is 0 Å². The molecule has 0 aromatic heterocycles. The second kappa shape index (κ2) is 3.48. The normalized spacial score (nSPS) is 38.7. The van der Waals surface area contributed by atoms with Gasteiger partial charge in [0.05, 0.1) is 24.0 Å². The van der Waals surface area contributed by atoms with Crippen LogP contribution in [0.15, 0.2) is 0 Å². The van der Waals surface area contributed by atoms with Gasteiger partial charge in [0, 0.05) is 6.61 Å². The summed E-state index contributed by atoms with van der Waals surface area (Å²) in [6.07, 6.45) is 1.27. The molecule has 5 nitrogen and oxygen atoms in total. The number of aliphatic carboxylic acids is 1. The van der Waals surface area contributed by atoms with E-state index in [4.69, 9.17) is 9.84 Å². The predicted molar refractivity (Wildman–Crippen MR) is 51.2 cm³/mol. The molecule has 1 aliphatic carbocycles. The summed E-state index contributed by atoms with van der Waals surface area (Å²) in [6, 6.07) is 0. The van der Waals surface area contributed by atoms with E-state index in [2.05, 4.69) is 5.32 Å². The number of carboxylic acids is 1. The number of carbonyl (C=O) groups excluding carboxylic acids is 1. The van der Waals surface area contributed by atoms with Gasteiger partial charge in [-0.15, -0.1) is 0 Å². The summed E-state index contributed by atoms with van der Waals surface area (Å²) >= 11 is 0. The highest BCUT2D eigenvalue weighted by Crippen LogP contribution is 2.39. The van der Waals surface area contributed by atoms with Crippen molar-refractivity contribution in [1.82, 2.24) is 5.32 Å². The zero-order valence-corrected chi connectivity index (χ0v) is 8.66. The van der Waals surface area contributed by atoms with Gasteiger partial charge >= 0.3 is 5.97 Å². The lowest BCUT2D eigenvalue weighted by Crippen LogP contribution is -2.47. The number of hydrogen-bond donors (Lipinski definition) is 2. The van der Waals surface area contributed by atoms with Gasteiger partial charge in [0.15, 0.2) is 0 Å². The van der Waals surface area contributed by atoms with Crippen molar-refractivity contribution in [3.8, 4) is 0 Å². The van der Waals surface area contributed by atoms with Crippen LogP contribution >= 0.6 is 0 Å². The molecule has 15 heavy (non-hydrogen) atoms. The van der Waals surface area contributed by atoms with Gasteiger partial charge in [-0.2, -0.15) is 0 Å². The minimum absolute atomic E-state index is 0.143. The number of carboxylic acid groups (broad SMARTS) is 1. The molecule has 1 amide bonds. The van der Waals surface area contributed by atoms with E-state index in [0.29, 0.717) is 19.6 Å². The number of rotatable bonds is 3. The van der Waals surface area contributed by atoms with Crippen LogP contribution in [0.1, 0.15) is 19.8 Å². The Morgan fingerprint density at radius 3 is 2.67 bits per heavy atom. The van der Waals surface area contributed by atoms with Crippen molar-refractivity contribution in [2.75, 3.05) is 13.2 Å². The molecule has 1 unspecified atom stereocenters. The molecule has 0 radical (unpaired) electrons. The van der Waals surface area contributed by atoms with Crippen LogP contribution in [0.3, 0.4) is 0 Å². The Bertz CT molecular complexity index is 296. The maximum atomic E-state index is 11.7. The maximum absolute atomic E-state index is 11.7. The first-order valence-electron chi connectivity index (χ1n) is 5.14. The molecule has 1 heterocycles. The minimum Gasteiger partial charge on any atom is -0.481 e. The quantitative estimate of drug-likeness (QED) is 0.692. The molecule has 1 saturated heterocycles. The average Bonchev–Trinajstić information content (AvgIpc) is 2.85. The zero-order valence-electron chi connectivity index (χ0n) is 8.66. The Morgan fingerprint density at radius 1 is 1.47 bits per heavy atom. The first kappa shape index (κ1) is 10.4. The van der Waals surface area contributed by atoms with Gasteiger partial charge in [-0.05, 0) is 19.8 Å². The van der Waals surface area contributed by atoms with E-state index in [-0.39, 0.29) is 17.4 Å². The number of nitrogens with one attached hydrogen (secondary N) is 1. The Morgan fingerprint density at radius 2 is 2.20 bits per heavy atom. The summed E-state index contributed by atoms with van der Waals surface area (Å²) < 4.78 is 5.20. The second-order valence-corrected chi connectivity index (χ2v) is 4.64. The number of carbonyl (C=O) groups is 2. The first-order valence-corrected chi connectivity index (χ1v) is 5.14. The van der Waals surface area contributed by atoms with Crippen LogP contribution in [0, 0.1) is 11.8 Å². The van der Waals surface area contributed by atoms with Gasteiger partial charge in [0.1, 0.15) is 0 Å². The molecule has 1 saturated carbocycles. The molecule has 0 aromatic rings. The summed E-state index contributed by atoms with van der Waals surface area (Å²) in [6.45, 7) is 3.10. The van der Waals surface area contributed by atoms with Crippen molar-refractivity contribution in [2.24, 2.45) is 11.8 Å². The summed E-state index contributed by atoms with van der Waals surface area (Å²) in [4.78, 5) is 22.2. The Kier molecular flexibility index (Phi) is 2.42. The van der Waals surface area contributed by atoms with Gasteiger partial charge in [-0.25, -0.2) is 0 Å². The molecule has 2 rings (SSSR count). The third kappa shape index (κ3) is 2.12. The smallest absolute Gasteiger partial charge is 0.307 e. The monoisotopic (exact) mass is 213 g/mol. The van der Waals surface area contributed by atoms with Crippen LogP contribution in [0.25, 0.3) is 0 Å². The lowest BCUT2D eigenvalue weighted by molar-refractivity contribution is -0.140. The van der Waals surface area contributed by atoms with Crippen molar-refractivity contribution in [2.45, 2.75) is 25.3 Å². The predicted octanol–water partition coefficient (Wildman–Crippen LogP) is 0.00230. The number of ether oxygens (including phenoxy) is 1. The SMILES string of the molecule is CC1(NC(=O)[C@@H]2C[C@@H]2C(=O)O)CCOC1. The van der Waals surface area contributed by atoms with E-state index in [0.717, 1.165) is 6.42 Å².